The Kier molecular flexibility index (Phi) is 4.89. The van der Waals surface area contributed by atoms with E-state index < -0.39 is 35.2 Å². The van der Waals surface area contributed by atoms with Crippen LogP contribution < -0.4 is 5.23 Å². The first kappa shape index (κ1) is 17.6. The van der Waals surface area contributed by atoms with Crippen LogP contribution in [0.2, 0.25) is 0 Å². The summed E-state index contributed by atoms with van der Waals surface area (Å²) in [6.07, 6.45) is -11.0. The van der Waals surface area contributed by atoms with Crippen LogP contribution >= 0.6 is 0 Å². The van der Waals surface area contributed by atoms with Crippen molar-refractivity contribution < 1.29 is 45.6 Å². The first-order valence-corrected chi connectivity index (χ1v) is 5.37. The van der Waals surface area contributed by atoms with Crippen molar-refractivity contribution in [3.63, 3.8) is 0 Å². The SMILES string of the molecule is Cc1ccccc1N(OC(=O)C(F)(F)F)OC(=O)C(F)(F)F. The Labute approximate surface area is 118 Å². The largest absolute Gasteiger partial charge is 0.493 e. The van der Waals surface area contributed by atoms with E-state index in [2.05, 4.69) is 9.68 Å². The van der Waals surface area contributed by atoms with Gasteiger partial charge in [0.15, 0.2) is 0 Å². The number of rotatable bonds is 3. The zero-order chi connectivity index (χ0) is 17.1. The lowest BCUT2D eigenvalue weighted by Crippen LogP contribution is -2.40. The second-order valence-corrected chi connectivity index (χ2v) is 3.80. The zero-order valence-corrected chi connectivity index (χ0v) is 10.7. The molecule has 1 aromatic rings. The van der Waals surface area contributed by atoms with E-state index in [1.807, 2.05) is 0 Å². The van der Waals surface area contributed by atoms with Crippen LogP contribution in [0.3, 0.4) is 0 Å². The first-order valence-electron chi connectivity index (χ1n) is 5.37. The maximum Gasteiger partial charge on any atom is 0.493 e. The molecule has 0 aliphatic rings. The topological polar surface area (TPSA) is 55.8 Å². The molecule has 0 atom stereocenters. The fourth-order valence-electron chi connectivity index (χ4n) is 1.14. The minimum atomic E-state index is -5.49. The summed E-state index contributed by atoms with van der Waals surface area (Å²) >= 11 is 0. The Balaban J connectivity index is 3.09. The highest BCUT2D eigenvalue weighted by atomic mass is 19.4. The maximum absolute atomic E-state index is 12.1. The Morgan fingerprint density at radius 1 is 0.909 bits per heavy atom. The van der Waals surface area contributed by atoms with Crippen LogP contribution in [0.4, 0.5) is 32.0 Å². The Morgan fingerprint density at radius 3 is 1.68 bits per heavy atom. The molecule has 0 aliphatic carbocycles. The molecule has 22 heavy (non-hydrogen) atoms. The summed E-state index contributed by atoms with van der Waals surface area (Å²) in [5, 5.41) is -0.527. The number of anilines is 1. The van der Waals surface area contributed by atoms with Crippen molar-refractivity contribution >= 4 is 17.6 Å². The van der Waals surface area contributed by atoms with Crippen LogP contribution in [-0.4, -0.2) is 24.3 Å². The standard InChI is InChI=1S/C11H7F6NO4/c1-6-4-2-3-5-7(6)18(21-8(19)10(12,13)14)22-9(20)11(15,16)17/h2-5H,1H3. The summed E-state index contributed by atoms with van der Waals surface area (Å²) in [5.41, 5.74) is -0.398. The fraction of sp³-hybridized carbons (Fsp3) is 0.273. The first-order chi connectivity index (χ1) is 9.93. The van der Waals surface area contributed by atoms with Crippen LogP contribution in [0.15, 0.2) is 24.3 Å². The van der Waals surface area contributed by atoms with Gasteiger partial charge in [0.1, 0.15) is 5.69 Å². The Hall–Kier alpha value is -2.46. The van der Waals surface area contributed by atoms with Crippen LogP contribution in [0.5, 0.6) is 0 Å². The minimum Gasteiger partial charge on any atom is -0.296 e. The van der Waals surface area contributed by atoms with Gasteiger partial charge >= 0.3 is 24.3 Å². The number of carbonyl (C=O) groups is 2. The summed E-state index contributed by atoms with van der Waals surface area (Å²) < 4.78 is 72.8. The lowest BCUT2D eigenvalue weighted by Gasteiger charge is -2.23. The molecule has 0 aliphatic heterocycles. The molecule has 1 rings (SSSR count). The normalized spacial score (nSPS) is 11.8. The number of para-hydroxylation sites is 1. The zero-order valence-electron chi connectivity index (χ0n) is 10.7. The smallest absolute Gasteiger partial charge is 0.296 e. The number of hydrogen-bond donors (Lipinski definition) is 0. The van der Waals surface area contributed by atoms with Crippen molar-refractivity contribution in [1.29, 1.82) is 0 Å². The molecule has 0 spiro atoms. The highest BCUT2D eigenvalue weighted by Gasteiger charge is 2.46. The van der Waals surface area contributed by atoms with E-state index in [1.54, 1.807) is 0 Å². The summed E-state index contributed by atoms with van der Waals surface area (Å²) in [5.74, 6) is -5.71. The number of hydrogen-bond acceptors (Lipinski definition) is 5. The molecule has 0 aromatic heterocycles. The summed E-state index contributed by atoms with van der Waals surface area (Å²) in [7, 11) is 0. The van der Waals surface area contributed by atoms with Gasteiger partial charge in [0, 0.05) is 0 Å². The molecule has 122 valence electrons. The highest BCUT2D eigenvalue weighted by molar-refractivity contribution is 5.79. The van der Waals surface area contributed by atoms with E-state index in [4.69, 9.17) is 0 Å². The van der Waals surface area contributed by atoms with Crippen molar-refractivity contribution in [3.8, 4) is 0 Å². The third-order valence-corrected chi connectivity index (χ3v) is 2.11. The average Bonchev–Trinajstić information content (AvgIpc) is 2.36. The van der Waals surface area contributed by atoms with E-state index in [1.165, 1.54) is 25.1 Å². The van der Waals surface area contributed by atoms with Crippen molar-refractivity contribution in [1.82, 2.24) is 0 Å². The van der Waals surface area contributed by atoms with E-state index >= 15 is 0 Å². The van der Waals surface area contributed by atoms with E-state index in [9.17, 15) is 35.9 Å². The van der Waals surface area contributed by atoms with Gasteiger partial charge in [0.05, 0.1) is 0 Å². The van der Waals surface area contributed by atoms with Gasteiger partial charge in [-0.25, -0.2) is 9.59 Å². The molecule has 11 heteroatoms. The van der Waals surface area contributed by atoms with E-state index in [0.29, 0.717) is 0 Å². The lowest BCUT2D eigenvalue weighted by atomic mass is 10.2. The quantitative estimate of drug-likeness (QED) is 0.630. The molecule has 0 fully saturated rings. The predicted octanol–water partition coefficient (Wildman–Crippen LogP) is 2.84. The van der Waals surface area contributed by atoms with Crippen LogP contribution in [0, 0.1) is 6.92 Å². The molecule has 0 unspecified atom stereocenters. The average molecular weight is 331 g/mol. The van der Waals surface area contributed by atoms with Crippen LogP contribution in [0.1, 0.15) is 5.56 Å². The van der Waals surface area contributed by atoms with Gasteiger partial charge in [-0.2, -0.15) is 26.3 Å². The van der Waals surface area contributed by atoms with Gasteiger partial charge in [-0.3, -0.25) is 9.68 Å². The Morgan fingerprint density at radius 2 is 1.32 bits per heavy atom. The van der Waals surface area contributed by atoms with E-state index in [-0.39, 0.29) is 5.56 Å². The second kappa shape index (κ2) is 6.12. The molecule has 0 saturated heterocycles. The van der Waals surface area contributed by atoms with Gasteiger partial charge in [0.2, 0.25) is 0 Å². The highest BCUT2D eigenvalue weighted by Crippen LogP contribution is 2.26. The van der Waals surface area contributed by atoms with Crippen LogP contribution in [-0.2, 0) is 19.3 Å². The van der Waals surface area contributed by atoms with Gasteiger partial charge in [0.25, 0.3) is 0 Å². The number of aryl methyl sites for hydroxylation is 1. The van der Waals surface area contributed by atoms with Crippen molar-refractivity contribution in [2.45, 2.75) is 19.3 Å². The van der Waals surface area contributed by atoms with Gasteiger partial charge in [-0.05, 0) is 23.8 Å². The van der Waals surface area contributed by atoms with Crippen LogP contribution in [0.25, 0.3) is 0 Å². The minimum absolute atomic E-state index is 0.0902. The molecule has 0 bridgehead atoms. The molecule has 5 nitrogen and oxygen atoms in total. The molecule has 1 aromatic carbocycles. The lowest BCUT2D eigenvalue weighted by molar-refractivity contribution is -0.229. The second-order valence-electron chi connectivity index (χ2n) is 3.80. The maximum atomic E-state index is 12.1. The van der Waals surface area contributed by atoms with Crippen molar-refractivity contribution in [3.05, 3.63) is 29.8 Å². The van der Waals surface area contributed by atoms with Gasteiger partial charge < -0.3 is 0 Å². The molecular formula is C11H7F6NO4. The predicted molar refractivity (Wildman–Crippen MR) is 58.0 cm³/mol. The summed E-state index contributed by atoms with van der Waals surface area (Å²) in [6.45, 7) is 1.28. The summed E-state index contributed by atoms with van der Waals surface area (Å²) in [6, 6.07) is 4.90. The molecule has 0 amide bonds. The fourth-order valence-corrected chi connectivity index (χ4v) is 1.14. The monoisotopic (exact) mass is 331 g/mol. The number of carbonyl (C=O) groups excluding carboxylic acids is 2. The molecule has 0 radical (unpaired) electrons. The Bertz CT molecular complexity index is 540. The molecule has 0 N–H and O–H groups in total. The van der Waals surface area contributed by atoms with Crippen molar-refractivity contribution in [2.24, 2.45) is 0 Å². The number of alkyl halides is 6. The number of halogens is 6. The number of nitrogens with zero attached hydrogens (tertiary/aromatic N) is 1. The molecule has 0 heterocycles. The van der Waals surface area contributed by atoms with Crippen molar-refractivity contribution in [2.75, 3.05) is 5.23 Å². The van der Waals surface area contributed by atoms with E-state index in [0.717, 1.165) is 6.07 Å². The van der Waals surface area contributed by atoms with Gasteiger partial charge in [-0.15, -0.1) is 0 Å². The third-order valence-electron chi connectivity index (χ3n) is 2.11. The summed E-state index contributed by atoms with van der Waals surface area (Å²) in [4.78, 5) is 28.8. The molecule has 0 saturated carbocycles. The number of benzene rings is 1. The third kappa shape index (κ3) is 4.53. The van der Waals surface area contributed by atoms with Gasteiger partial charge in [-0.1, -0.05) is 18.2 Å². The molecular weight excluding hydrogens is 324 g/mol.